The average molecular weight is 211 g/mol. The minimum atomic E-state index is -0.452. The summed E-state index contributed by atoms with van der Waals surface area (Å²) >= 11 is 1.33. The van der Waals surface area contributed by atoms with Gasteiger partial charge in [-0.3, -0.25) is 4.79 Å². The Morgan fingerprint density at radius 1 is 1.64 bits per heavy atom. The molecule has 0 aromatic carbocycles. The van der Waals surface area contributed by atoms with Crippen LogP contribution in [0.15, 0.2) is 6.07 Å². The topological polar surface area (TPSA) is 81.1 Å². The first kappa shape index (κ1) is 9.33. The molecular weight excluding hydrogens is 198 g/mol. The summed E-state index contributed by atoms with van der Waals surface area (Å²) in [6.45, 7) is 0.970. The molecule has 0 unspecified atom stereocenters. The van der Waals surface area contributed by atoms with Gasteiger partial charge < -0.3 is 16.8 Å². The zero-order valence-electron chi connectivity index (χ0n) is 7.75. The summed E-state index contributed by atoms with van der Waals surface area (Å²) in [6, 6.07) is 1.77. The molecule has 0 saturated heterocycles. The van der Waals surface area contributed by atoms with E-state index in [9.17, 15) is 4.79 Å². The lowest BCUT2D eigenvalue weighted by Crippen LogP contribution is -2.10. The number of amides is 1. The number of hydrogen-bond acceptors (Lipinski definition) is 4. The number of nitrogens with two attached hydrogens (primary N) is 2. The average Bonchev–Trinajstić information content (AvgIpc) is 2.86. The lowest BCUT2D eigenvalue weighted by atomic mass is 10.4. The van der Waals surface area contributed by atoms with Gasteiger partial charge in [0.15, 0.2) is 0 Å². The molecule has 14 heavy (non-hydrogen) atoms. The van der Waals surface area contributed by atoms with Crippen LogP contribution in [0, 0.1) is 5.92 Å². The predicted molar refractivity (Wildman–Crippen MR) is 58.5 cm³/mol. The lowest BCUT2D eigenvalue weighted by Gasteiger charge is -1.99. The quantitative estimate of drug-likeness (QED) is 0.701. The van der Waals surface area contributed by atoms with E-state index in [0.29, 0.717) is 10.6 Å². The van der Waals surface area contributed by atoms with E-state index in [1.165, 1.54) is 24.2 Å². The number of nitrogens with one attached hydrogen (secondary N) is 1. The maximum absolute atomic E-state index is 10.9. The Bertz CT molecular complexity index is 357. The highest BCUT2D eigenvalue weighted by molar-refractivity contribution is 7.18. The molecule has 1 aliphatic rings. The number of primary amides is 1. The van der Waals surface area contributed by atoms with Crippen molar-refractivity contribution in [3.05, 3.63) is 10.9 Å². The molecule has 0 aliphatic heterocycles. The van der Waals surface area contributed by atoms with E-state index >= 15 is 0 Å². The Balaban J connectivity index is 2.02. The third-order valence-electron chi connectivity index (χ3n) is 2.25. The maximum Gasteiger partial charge on any atom is 0.260 e. The Kier molecular flexibility index (Phi) is 2.33. The molecule has 1 saturated carbocycles. The Morgan fingerprint density at radius 2 is 2.36 bits per heavy atom. The van der Waals surface area contributed by atoms with Crippen LogP contribution in [0.25, 0.3) is 0 Å². The summed E-state index contributed by atoms with van der Waals surface area (Å²) in [5.74, 6) is 0.349. The van der Waals surface area contributed by atoms with Crippen molar-refractivity contribution < 1.29 is 4.79 Å². The van der Waals surface area contributed by atoms with E-state index < -0.39 is 5.91 Å². The van der Waals surface area contributed by atoms with Gasteiger partial charge in [0.25, 0.3) is 5.91 Å². The highest BCUT2D eigenvalue weighted by Gasteiger charge is 2.21. The molecule has 1 aliphatic carbocycles. The van der Waals surface area contributed by atoms with Crippen LogP contribution in [0.3, 0.4) is 0 Å². The Morgan fingerprint density at radius 3 is 2.86 bits per heavy atom. The van der Waals surface area contributed by atoms with Crippen LogP contribution in [0.5, 0.6) is 0 Å². The van der Waals surface area contributed by atoms with Crippen LogP contribution in [-0.2, 0) is 0 Å². The van der Waals surface area contributed by atoms with Gasteiger partial charge in [-0.25, -0.2) is 0 Å². The molecule has 0 atom stereocenters. The lowest BCUT2D eigenvalue weighted by molar-refractivity contribution is 0.100. The minimum Gasteiger partial charge on any atom is -0.397 e. The Hall–Kier alpha value is -1.23. The van der Waals surface area contributed by atoms with Crippen LogP contribution >= 0.6 is 11.3 Å². The molecule has 1 aromatic heterocycles. The monoisotopic (exact) mass is 211 g/mol. The fourth-order valence-electron chi connectivity index (χ4n) is 1.25. The SMILES string of the molecule is NC(=O)c1sc(NCC2CC2)cc1N. The van der Waals surface area contributed by atoms with Gasteiger partial charge in [0.1, 0.15) is 4.88 Å². The zero-order chi connectivity index (χ0) is 10.1. The van der Waals surface area contributed by atoms with Crippen molar-refractivity contribution in [2.75, 3.05) is 17.6 Å². The van der Waals surface area contributed by atoms with Gasteiger partial charge in [-0.1, -0.05) is 0 Å². The third kappa shape index (κ3) is 1.98. The number of rotatable bonds is 4. The first-order valence-corrected chi connectivity index (χ1v) is 5.41. The van der Waals surface area contributed by atoms with E-state index in [0.717, 1.165) is 17.5 Å². The number of nitrogen functional groups attached to an aromatic ring is 1. The minimum absolute atomic E-state index is 0.447. The first-order chi connectivity index (χ1) is 6.66. The van der Waals surface area contributed by atoms with E-state index in [-0.39, 0.29) is 0 Å². The molecule has 5 N–H and O–H groups in total. The van der Waals surface area contributed by atoms with Crippen molar-refractivity contribution in [3.8, 4) is 0 Å². The standard InChI is InChI=1S/C9H13N3OS/c10-6-3-7(12-4-5-1-2-5)14-8(6)9(11)13/h3,5,12H,1-2,4,10H2,(H2,11,13). The highest BCUT2D eigenvalue weighted by atomic mass is 32.1. The summed E-state index contributed by atoms with van der Waals surface area (Å²) in [7, 11) is 0. The normalized spacial score (nSPS) is 15.4. The van der Waals surface area contributed by atoms with Gasteiger partial charge in [-0.15, -0.1) is 11.3 Å². The number of hydrogen-bond donors (Lipinski definition) is 3. The smallest absolute Gasteiger partial charge is 0.260 e. The molecule has 0 radical (unpaired) electrons. The fraction of sp³-hybridized carbons (Fsp3) is 0.444. The molecule has 1 aromatic rings. The zero-order valence-corrected chi connectivity index (χ0v) is 8.56. The summed E-state index contributed by atoms with van der Waals surface area (Å²) in [6.07, 6.45) is 2.60. The molecule has 1 amide bonds. The van der Waals surface area contributed by atoms with Crippen LogP contribution in [-0.4, -0.2) is 12.5 Å². The van der Waals surface area contributed by atoms with Gasteiger partial charge in [0.05, 0.1) is 10.7 Å². The van der Waals surface area contributed by atoms with E-state index in [1.807, 2.05) is 0 Å². The molecule has 76 valence electrons. The highest BCUT2D eigenvalue weighted by Crippen LogP contribution is 2.32. The largest absolute Gasteiger partial charge is 0.397 e. The molecule has 0 bridgehead atoms. The molecule has 0 spiro atoms. The second-order valence-electron chi connectivity index (χ2n) is 3.58. The molecule has 5 heteroatoms. The predicted octanol–water partition coefficient (Wildman–Crippen LogP) is 1.25. The molecule has 2 rings (SSSR count). The number of carbonyl (C=O) groups excluding carboxylic acids is 1. The Labute approximate surface area is 86.3 Å². The van der Waals surface area contributed by atoms with E-state index in [1.54, 1.807) is 6.07 Å². The van der Waals surface area contributed by atoms with Crippen molar-refractivity contribution in [1.82, 2.24) is 0 Å². The van der Waals surface area contributed by atoms with Crippen molar-refractivity contribution >= 4 is 27.9 Å². The van der Waals surface area contributed by atoms with E-state index in [4.69, 9.17) is 11.5 Å². The van der Waals surface area contributed by atoms with Crippen molar-refractivity contribution in [2.24, 2.45) is 11.7 Å². The number of carbonyl (C=O) groups is 1. The van der Waals surface area contributed by atoms with Crippen molar-refractivity contribution in [3.63, 3.8) is 0 Å². The van der Waals surface area contributed by atoms with Crippen LogP contribution in [0.2, 0.25) is 0 Å². The summed E-state index contributed by atoms with van der Waals surface area (Å²) in [4.78, 5) is 11.4. The summed E-state index contributed by atoms with van der Waals surface area (Å²) < 4.78 is 0. The second kappa shape index (κ2) is 3.49. The maximum atomic E-state index is 10.9. The number of anilines is 2. The van der Waals surface area contributed by atoms with Gasteiger partial charge in [0, 0.05) is 6.54 Å². The first-order valence-electron chi connectivity index (χ1n) is 4.60. The molecule has 4 nitrogen and oxygen atoms in total. The van der Waals surface area contributed by atoms with Crippen molar-refractivity contribution in [2.45, 2.75) is 12.8 Å². The van der Waals surface area contributed by atoms with Crippen LogP contribution < -0.4 is 16.8 Å². The molecular formula is C9H13N3OS. The van der Waals surface area contributed by atoms with Gasteiger partial charge in [-0.2, -0.15) is 0 Å². The number of thiophene rings is 1. The van der Waals surface area contributed by atoms with Gasteiger partial charge >= 0.3 is 0 Å². The van der Waals surface area contributed by atoms with Gasteiger partial charge in [0.2, 0.25) is 0 Å². The molecule has 1 heterocycles. The summed E-state index contributed by atoms with van der Waals surface area (Å²) in [5, 5.41) is 4.19. The second-order valence-corrected chi connectivity index (χ2v) is 4.64. The van der Waals surface area contributed by atoms with Crippen LogP contribution in [0.1, 0.15) is 22.5 Å². The third-order valence-corrected chi connectivity index (χ3v) is 3.37. The van der Waals surface area contributed by atoms with E-state index in [2.05, 4.69) is 5.32 Å². The summed E-state index contributed by atoms with van der Waals surface area (Å²) in [5.41, 5.74) is 11.3. The fourth-order valence-corrected chi connectivity index (χ4v) is 2.09. The van der Waals surface area contributed by atoms with Crippen molar-refractivity contribution in [1.29, 1.82) is 0 Å². The van der Waals surface area contributed by atoms with Crippen LogP contribution in [0.4, 0.5) is 10.7 Å². The van der Waals surface area contributed by atoms with Gasteiger partial charge in [-0.05, 0) is 24.8 Å². The molecule has 1 fully saturated rings.